The molecule has 7 nitrogen and oxygen atoms in total. The molecule has 0 saturated carbocycles. The van der Waals surface area contributed by atoms with Crippen LogP contribution < -0.4 is 10.1 Å². The van der Waals surface area contributed by atoms with Crippen LogP contribution in [0.15, 0.2) is 18.5 Å². The second kappa shape index (κ2) is 7.14. The maximum absolute atomic E-state index is 8.94. The monoisotopic (exact) mass is 284 g/mol. The zero-order chi connectivity index (χ0) is 15.1. The van der Waals surface area contributed by atoms with Gasteiger partial charge in [-0.2, -0.15) is 20.2 Å². The summed E-state index contributed by atoms with van der Waals surface area (Å²) >= 11 is 0. The van der Waals surface area contributed by atoms with Crippen molar-refractivity contribution >= 4 is 5.95 Å². The van der Waals surface area contributed by atoms with Crippen molar-refractivity contribution in [1.82, 2.24) is 19.9 Å². The Kier molecular flexibility index (Phi) is 4.99. The van der Waals surface area contributed by atoms with Crippen molar-refractivity contribution in [1.29, 1.82) is 5.26 Å². The van der Waals surface area contributed by atoms with Gasteiger partial charge in [0, 0.05) is 24.5 Å². The van der Waals surface area contributed by atoms with Crippen LogP contribution in [0.25, 0.3) is 11.4 Å². The van der Waals surface area contributed by atoms with Gasteiger partial charge < -0.3 is 10.1 Å². The van der Waals surface area contributed by atoms with Gasteiger partial charge in [-0.25, -0.2) is 0 Å². The van der Waals surface area contributed by atoms with Gasteiger partial charge in [0.2, 0.25) is 5.95 Å². The Bertz CT molecular complexity index is 652. The first-order valence-corrected chi connectivity index (χ1v) is 6.75. The molecule has 21 heavy (non-hydrogen) atoms. The first kappa shape index (κ1) is 14.7. The van der Waals surface area contributed by atoms with E-state index in [2.05, 4.69) is 32.2 Å². The molecule has 2 heterocycles. The molecule has 0 saturated heterocycles. The molecule has 0 amide bonds. The first-order chi connectivity index (χ1) is 10.3. The summed E-state index contributed by atoms with van der Waals surface area (Å²) in [6, 6.07) is 3.98. The Morgan fingerprint density at radius 1 is 1.24 bits per heavy atom. The van der Waals surface area contributed by atoms with E-state index in [1.54, 1.807) is 12.3 Å². The highest BCUT2D eigenvalue weighted by molar-refractivity contribution is 5.57. The normalized spacial score (nSPS) is 9.95. The fraction of sp³-hybridized carbons (Fsp3) is 0.357. The molecule has 0 aromatic carbocycles. The SMILES string of the molecule is CCCNc1nc(OCC)nc(-c2cncc(C#N)c2)n1. The van der Waals surface area contributed by atoms with Crippen LogP contribution in [0.5, 0.6) is 6.01 Å². The topological polar surface area (TPSA) is 96.6 Å². The number of hydrogen-bond acceptors (Lipinski definition) is 7. The Labute approximate surface area is 123 Å². The fourth-order valence-corrected chi connectivity index (χ4v) is 1.62. The van der Waals surface area contributed by atoms with Crippen LogP contribution in [0.2, 0.25) is 0 Å². The van der Waals surface area contributed by atoms with Gasteiger partial charge in [0.15, 0.2) is 5.82 Å². The molecule has 0 aliphatic heterocycles. The summed E-state index contributed by atoms with van der Waals surface area (Å²) in [5.74, 6) is 0.879. The summed E-state index contributed by atoms with van der Waals surface area (Å²) in [4.78, 5) is 16.8. The third kappa shape index (κ3) is 3.86. The van der Waals surface area contributed by atoms with E-state index in [1.165, 1.54) is 6.20 Å². The van der Waals surface area contributed by atoms with Gasteiger partial charge in [-0.05, 0) is 19.4 Å². The summed E-state index contributed by atoms with van der Waals surface area (Å²) in [5, 5.41) is 12.0. The van der Waals surface area contributed by atoms with Gasteiger partial charge in [-0.1, -0.05) is 6.92 Å². The Hall–Kier alpha value is -2.75. The summed E-state index contributed by atoms with van der Waals surface area (Å²) in [5.41, 5.74) is 1.10. The van der Waals surface area contributed by atoms with E-state index in [4.69, 9.17) is 10.00 Å². The van der Waals surface area contributed by atoms with Crippen molar-refractivity contribution in [3.05, 3.63) is 24.0 Å². The average Bonchev–Trinajstić information content (AvgIpc) is 2.53. The summed E-state index contributed by atoms with van der Waals surface area (Å²) in [6.07, 6.45) is 4.05. The lowest BCUT2D eigenvalue weighted by Gasteiger charge is -2.08. The highest BCUT2D eigenvalue weighted by Gasteiger charge is 2.10. The smallest absolute Gasteiger partial charge is 0.321 e. The predicted molar refractivity (Wildman–Crippen MR) is 77.7 cm³/mol. The molecule has 0 fully saturated rings. The number of nitriles is 1. The lowest BCUT2D eigenvalue weighted by atomic mass is 10.2. The summed E-state index contributed by atoms with van der Waals surface area (Å²) < 4.78 is 5.36. The maximum atomic E-state index is 8.94. The van der Waals surface area contributed by atoms with Crippen LogP contribution in [0.3, 0.4) is 0 Å². The second-order valence-corrected chi connectivity index (χ2v) is 4.20. The molecule has 0 aliphatic rings. The number of nitrogens with one attached hydrogen (secondary N) is 1. The number of pyridine rings is 1. The maximum Gasteiger partial charge on any atom is 0.321 e. The van der Waals surface area contributed by atoms with Crippen molar-refractivity contribution in [3.8, 4) is 23.5 Å². The van der Waals surface area contributed by atoms with Crippen LogP contribution >= 0.6 is 0 Å². The van der Waals surface area contributed by atoms with Crippen LogP contribution in [0.4, 0.5) is 5.95 Å². The predicted octanol–water partition coefficient (Wildman–Crippen LogP) is 2.03. The highest BCUT2D eigenvalue weighted by Crippen LogP contribution is 2.19. The quantitative estimate of drug-likeness (QED) is 0.866. The number of hydrogen-bond donors (Lipinski definition) is 1. The first-order valence-electron chi connectivity index (χ1n) is 6.75. The van der Waals surface area contributed by atoms with Crippen molar-refractivity contribution in [3.63, 3.8) is 0 Å². The Balaban J connectivity index is 2.40. The minimum atomic E-state index is 0.253. The Morgan fingerprint density at radius 3 is 2.81 bits per heavy atom. The largest absolute Gasteiger partial charge is 0.464 e. The molecule has 0 spiro atoms. The van der Waals surface area contributed by atoms with Crippen LogP contribution in [0.1, 0.15) is 25.8 Å². The van der Waals surface area contributed by atoms with E-state index in [9.17, 15) is 0 Å². The van der Waals surface area contributed by atoms with Crippen molar-refractivity contribution in [2.45, 2.75) is 20.3 Å². The van der Waals surface area contributed by atoms with E-state index in [1.807, 2.05) is 13.0 Å². The fourth-order valence-electron chi connectivity index (χ4n) is 1.62. The van der Waals surface area contributed by atoms with Gasteiger partial charge in [0.1, 0.15) is 6.07 Å². The number of rotatable bonds is 6. The molecule has 0 radical (unpaired) electrons. The van der Waals surface area contributed by atoms with Crippen molar-refractivity contribution in [2.75, 3.05) is 18.5 Å². The lowest BCUT2D eigenvalue weighted by molar-refractivity contribution is 0.312. The summed E-state index contributed by atoms with van der Waals surface area (Å²) in [7, 11) is 0. The lowest BCUT2D eigenvalue weighted by Crippen LogP contribution is -2.08. The Morgan fingerprint density at radius 2 is 2.10 bits per heavy atom. The molecule has 7 heteroatoms. The number of aromatic nitrogens is 4. The standard InChI is InChI=1S/C14H16N6O/c1-3-5-17-13-18-12(19-14(20-13)21-4-2)11-6-10(7-15)8-16-9-11/h6,8-9H,3-5H2,1-2H3,(H,17,18,19,20). The van der Waals surface area contributed by atoms with Crippen molar-refractivity contribution < 1.29 is 4.74 Å². The molecule has 2 rings (SSSR count). The van der Waals surface area contributed by atoms with E-state index in [0.29, 0.717) is 29.5 Å². The minimum absolute atomic E-state index is 0.253. The molecule has 1 N–H and O–H groups in total. The van der Waals surface area contributed by atoms with Crippen molar-refractivity contribution in [2.24, 2.45) is 0 Å². The molecule has 2 aromatic heterocycles. The van der Waals surface area contributed by atoms with Gasteiger partial charge >= 0.3 is 6.01 Å². The van der Waals surface area contributed by atoms with Gasteiger partial charge in [-0.3, -0.25) is 4.98 Å². The van der Waals surface area contributed by atoms with E-state index >= 15 is 0 Å². The molecule has 0 atom stereocenters. The zero-order valence-electron chi connectivity index (χ0n) is 12.0. The average molecular weight is 284 g/mol. The van der Waals surface area contributed by atoms with Crippen LogP contribution in [-0.2, 0) is 0 Å². The van der Waals surface area contributed by atoms with Gasteiger partial charge in [0.25, 0.3) is 0 Å². The second-order valence-electron chi connectivity index (χ2n) is 4.20. The molecular formula is C14H16N6O. The molecule has 2 aromatic rings. The number of anilines is 1. The molecular weight excluding hydrogens is 268 g/mol. The van der Waals surface area contributed by atoms with Crippen LogP contribution in [0, 0.1) is 11.3 Å². The zero-order valence-corrected chi connectivity index (χ0v) is 12.0. The summed E-state index contributed by atoms with van der Waals surface area (Å²) in [6.45, 7) is 5.14. The molecule has 0 aliphatic carbocycles. The van der Waals surface area contributed by atoms with Gasteiger partial charge in [0.05, 0.1) is 12.2 Å². The third-order valence-corrected chi connectivity index (χ3v) is 2.55. The van der Waals surface area contributed by atoms with E-state index in [0.717, 1.165) is 13.0 Å². The molecule has 0 unspecified atom stereocenters. The number of ether oxygens (including phenoxy) is 1. The molecule has 0 bridgehead atoms. The molecule has 108 valence electrons. The van der Waals surface area contributed by atoms with Crippen LogP contribution in [-0.4, -0.2) is 33.1 Å². The van der Waals surface area contributed by atoms with Gasteiger partial charge in [-0.15, -0.1) is 0 Å². The third-order valence-electron chi connectivity index (χ3n) is 2.55. The number of nitrogens with zero attached hydrogens (tertiary/aromatic N) is 5. The highest BCUT2D eigenvalue weighted by atomic mass is 16.5. The van der Waals surface area contributed by atoms with E-state index in [-0.39, 0.29) is 6.01 Å². The minimum Gasteiger partial charge on any atom is -0.464 e. The van der Waals surface area contributed by atoms with E-state index < -0.39 is 0 Å².